The van der Waals surface area contributed by atoms with Crippen LogP contribution in [0.4, 0.5) is 13.2 Å². The van der Waals surface area contributed by atoms with Crippen LogP contribution in [0.25, 0.3) is 16.9 Å². The van der Waals surface area contributed by atoms with Crippen LogP contribution in [0, 0.1) is 0 Å². The van der Waals surface area contributed by atoms with Crippen molar-refractivity contribution in [2.75, 3.05) is 13.7 Å². The average molecular weight is 473 g/mol. The summed E-state index contributed by atoms with van der Waals surface area (Å²) in [6.45, 7) is -0.190. The number of aromatic amines is 1. The Morgan fingerprint density at radius 3 is 2.72 bits per heavy atom. The van der Waals surface area contributed by atoms with Gasteiger partial charge in [-0.25, -0.2) is 9.48 Å². The van der Waals surface area contributed by atoms with Gasteiger partial charge < -0.3 is 5.11 Å². The standard InChI is InChI=1S/C18H16ClF3N6O4/c1-26-10(8-29)5-15(32-26)27-6-11(16(30)23-17(27)31)13-7-28(25-24-13)14-4-9(18(20,21)22)2-3-12(14)19/h2-4,6-7,10,15,29H,5,8H2,1H3,(H,23,30,31). The number of rotatable bonds is 4. The first-order valence-electron chi connectivity index (χ1n) is 9.24. The van der Waals surface area contributed by atoms with Gasteiger partial charge in [-0.3, -0.25) is 19.2 Å². The number of nitrogens with one attached hydrogen (secondary N) is 1. The Hall–Kier alpha value is -3.00. The Morgan fingerprint density at radius 2 is 2.06 bits per heavy atom. The molecule has 0 saturated carbocycles. The molecule has 4 rings (SSSR count). The first kappa shape index (κ1) is 22.2. The second kappa shape index (κ2) is 8.16. The molecule has 1 aliphatic heterocycles. The molecule has 32 heavy (non-hydrogen) atoms. The number of aliphatic hydroxyl groups excluding tert-OH is 1. The van der Waals surface area contributed by atoms with Crippen LogP contribution in [0.5, 0.6) is 0 Å². The lowest BCUT2D eigenvalue weighted by Crippen LogP contribution is -2.33. The smallest absolute Gasteiger partial charge is 0.395 e. The average Bonchev–Trinajstić information content (AvgIpc) is 3.34. The summed E-state index contributed by atoms with van der Waals surface area (Å²) >= 11 is 6.03. The zero-order valence-corrected chi connectivity index (χ0v) is 17.1. The second-order valence-electron chi connectivity index (χ2n) is 7.10. The highest BCUT2D eigenvalue weighted by atomic mass is 35.5. The monoisotopic (exact) mass is 472 g/mol. The number of hydrogen-bond acceptors (Lipinski definition) is 7. The molecule has 2 N–H and O–H groups in total. The van der Waals surface area contributed by atoms with Crippen molar-refractivity contribution in [3.05, 3.63) is 62.0 Å². The molecule has 2 aromatic heterocycles. The van der Waals surface area contributed by atoms with Crippen LogP contribution in [-0.4, -0.2) is 54.4 Å². The van der Waals surface area contributed by atoms with Gasteiger partial charge >= 0.3 is 11.9 Å². The zero-order chi connectivity index (χ0) is 23.2. The number of benzene rings is 1. The van der Waals surface area contributed by atoms with Gasteiger partial charge in [0.2, 0.25) is 0 Å². The Morgan fingerprint density at radius 1 is 1.31 bits per heavy atom. The summed E-state index contributed by atoms with van der Waals surface area (Å²) in [6.07, 6.45) is -2.64. The van der Waals surface area contributed by atoms with E-state index < -0.39 is 29.2 Å². The summed E-state index contributed by atoms with van der Waals surface area (Å²) < 4.78 is 41.3. The highest BCUT2D eigenvalue weighted by Gasteiger charge is 2.33. The molecule has 0 radical (unpaired) electrons. The van der Waals surface area contributed by atoms with Gasteiger partial charge in [0.15, 0.2) is 6.23 Å². The fourth-order valence-corrected chi connectivity index (χ4v) is 3.51. The number of aliphatic hydroxyl groups is 1. The first-order chi connectivity index (χ1) is 15.1. The number of hydroxylamine groups is 2. The van der Waals surface area contributed by atoms with Gasteiger partial charge in [0.25, 0.3) is 5.56 Å². The molecule has 0 aliphatic carbocycles. The summed E-state index contributed by atoms with van der Waals surface area (Å²) in [6, 6.07) is 2.39. The molecule has 2 unspecified atom stereocenters. The molecular weight excluding hydrogens is 457 g/mol. The molecule has 0 bridgehead atoms. The molecule has 2 atom stereocenters. The number of likely N-dealkylation sites (N-methyl/N-ethyl adjacent to an activating group) is 1. The fourth-order valence-electron chi connectivity index (χ4n) is 3.31. The quantitative estimate of drug-likeness (QED) is 0.592. The van der Waals surface area contributed by atoms with Crippen molar-refractivity contribution in [1.82, 2.24) is 29.6 Å². The van der Waals surface area contributed by atoms with E-state index in [1.807, 2.05) is 0 Å². The van der Waals surface area contributed by atoms with Gasteiger partial charge in [-0.15, -0.1) is 5.10 Å². The van der Waals surface area contributed by atoms with Crippen LogP contribution in [0.2, 0.25) is 5.02 Å². The van der Waals surface area contributed by atoms with E-state index in [-0.39, 0.29) is 41.0 Å². The number of aromatic nitrogens is 5. The molecule has 170 valence electrons. The molecule has 0 spiro atoms. The second-order valence-corrected chi connectivity index (χ2v) is 7.51. The molecule has 10 nitrogen and oxygen atoms in total. The highest BCUT2D eigenvalue weighted by molar-refractivity contribution is 6.32. The van der Waals surface area contributed by atoms with Gasteiger partial charge in [-0.1, -0.05) is 16.8 Å². The van der Waals surface area contributed by atoms with Crippen LogP contribution in [0.3, 0.4) is 0 Å². The Balaban J connectivity index is 1.73. The van der Waals surface area contributed by atoms with E-state index in [1.54, 1.807) is 7.05 Å². The maximum atomic E-state index is 13.1. The Kier molecular flexibility index (Phi) is 5.67. The SMILES string of the molecule is CN1OC(n2cc(-c3cn(-c4cc(C(F)(F)F)ccc4Cl)nn3)c(=O)[nH]c2=O)CC1CO. The van der Waals surface area contributed by atoms with Crippen LogP contribution >= 0.6 is 11.6 Å². The minimum atomic E-state index is -4.59. The summed E-state index contributed by atoms with van der Waals surface area (Å²) in [5.41, 5.74) is -2.57. The van der Waals surface area contributed by atoms with E-state index in [2.05, 4.69) is 15.3 Å². The van der Waals surface area contributed by atoms with Crippen LogP contribution in [0.15, 0.2) is 40.2 Å². The summed E-state index contributed by atoms with van der Waals surface area (Å²) in [5, 5.41) is 18.4. The third-order valence-corrected chi connectivity index (χ3v) is 5.37. The third-order valence-electron chi connectivity index (χ3n) is 5.05. The molecule has 1 aliphatic rings. The minimum absolute atomic E-state index is 0.00135. The zero-order valence-electron chi connectivity index (χ0n) is 16.4. The predicted molar refractivity (Wildman–Crippen MR) is 105 cm³/mol. The largest absolute Gasteiger partial charge is 0.416 e. The molecule has 1 aromatic carbocycles. The number of nitrogens with zero attached hydrogens (tertiary/aromatic N) is 5. The molecule has 3 heterocycles. The van der Waals surface area contributed by atoms with Crippen molar-refractivity contribution < 1.29 is 23.1 Å². The van der Waals surface area contributed by atoms with Crippen LogP contribution in [-0.2, 0) is 11.0 Å². The van der Waals surface area contributed by atoms with Gasteiger partial charge in [0.05, 0.1) is 40.7 Å². The fraction of sp³-hybridized carbons (Fsp3) is 0.333. The summed E-state index contributed by atoms with van der Waals surface area (Å²) in [4.78, 5) is 32.4. The van der Waals surface area contributed by atoms with Gasteiger partial charge in [0.1, 0.15) is 5.69 Å². The lowest BCUT2D eigenvalue weighted by molar-refractivity contribution is -0.170. The van der Waals surface area contributed by atoms with Crippen molar-refractivity contribution in [3.63, 3.8) is 0 Å². The first-order valence-corrected chi connectivity index (χ1v) is 9.62. The maximum absolute atomic E-state index is 13.1. The van der Waals surface area contributed by atoms with Gasteiger partial charge in [-0.05, 0) is 18.2 Å². The number of H-pyrrole nitrogens is 1. The Bertz CT molecular complexity index is 1270. The van der Waals surface area contributed by atoms with Crippen molar-refractivity contribution in [2.45, 2.75) is 24.9 Å². The Labute approximate surface area is 182 Å². The van der Waals surface area contributed by atoms with Crippen LogP contribution < -0.4 is 11.2 Å². The van der Waals surface area contributed by atoms with Gasteiger partial charge in [-0.2, -0.15) is 18.2 Å². The molecule has 14 heteroatoms. The number of halogens is 4. The van der Waals surface area contributed by atoms with Crippen LogP contribution in [0.1, 0.15) is 18.2 Å². The van der Waals surface area contributed by atoms with Gasteiger partial charge in [0, 0.05) is 19.7 Å². The molecule has 1 fully saturated rings. The van der Waals surface area contributed by atoms with Crippen molar-refractivity contribution in [1.29, 1.82) is 0 Å². The maximum Gasteiger partial charge on any atom is 0.416 e. The number of alkyl halides is 3. The molecule has 3 aromatic rings. The summed E-state index contributed by atoms with van der Waals surface area (Å²) in [5.74, 6) is 0. The van der Waals surface area contributed by atoms with Crippen molar-refractivity contribution >= 4 is 11.6 Å². The number of hydrogen-bond donors (Lipinski definition) is 2. The predicted octanol–water partition coefficient (Wildman–Crippen LogP) is 1.58. The van der Waals surface area contributed by atoms with E-state index in [1.165, 1.54) is 17.5 Å². The molecule has 0 amide bonds. The summed E-state index contributed by atoms with van der Waals surface area (Å²) in [7, 11) is 1.60. The van der Waals surface area contributed by atoms with E-state index in [9.17, 15) is 27.9 Å². The van der Waals surface area contributed by atoms with E-state index in [4.69, 9.17) is 16.4 Å². The van der Waals surface area contributed by atoms with E-state index >= 15 is 0 Å². The van der Waals surface area contributed by atoms with Crippen molar-refractivity contribution in [3.8, 4) is 16.9 Å². The highest BCUT2D eigenvalue weighted by Crippen LogP contribution is 2.33. The molecular formula is C18H16ClF3N6O4. The lowest BCUT2D eigenvalue weighted by atomic mass is 10.2. The van der Waals surface area contributed by atoms with E-state index in [0.717, 1.165) is 27.4 Å². The lowest BCUT2D eigenvalue weighted by Gasteiger charge is -2.15. The minimum Gasteiger partial charge on any atom is -0.395 e. The normalized spacial score (nSPS) is 19.6. The topological polar surface area (TPSA) is 118 Å². The van der Waals surface area contributed by atoms with Crippen molar-refractivity contribution in [2.24, 2.45) is 0 Å². The molecule has 1 saturated heterocycles. The third kappa shape index (κ3) is 4.07. The van der Waals surface area contributed by atoms with E-state index in [0.29, 0.717) is 0 Å².